The Labute approximate surface area is 156 Å². The van der Waals surface area contributed by atoms with E-state index in [1.165, 1.54) is 17.8 Å². The molecule has 1 aliphatic rings. The summed E-state index contributed by atoms with van der Waals surface area (Å²) in [5.41, 5.74) is 7.02. The Morgan fingerprint density at radius 3 is 2.56 bits per heavy atom. The van der Waals surface area contributed by atoms with Crippen LogP contribution in [0, 0.1) is 0 Å². The zero-order valence-electron chi connectivity index (χ0n) is 14.7. The molecule has 0 bridgehead atoms. The highest BCUT2D eigenvalue weighted by molar-refractivity contribution is 5.93. The number of nitrogens with one attached hydrogen (secondary N) is 2. The Kier molecular flexibility index (Phi) is 6.11. The van der Waals surface area contributed by atoms with E-state index in [0.29, 0.717) is 13.1 Å². The maximum Gasteiger partial charge on any atom is 0.288 e. The van der Waals surface area contributed by atoms with Gasteiger partial charge in [0.2, 0.25) is 5.91 Å². The first kappa shape index (κ1) is 18.5. The fourth-order valence-electron chi connectivity index (χ4n) is 2.75. The molecule has 0 fully saturated rings. The average Bonchev–Trinajstić information content (AvgIpc) is 2.72. The molecule has 27 heavy (non-hydrogen) atoms. The quantitative estimate of drug-likeness (QED) is 0.746. The lowest BCUT2D eigenvalue weighted by Gasteiger charge is -2.28. The molecule has 0 unspecified atom stereocenters. The number of hydrazine groups is 1. The zero-order chi connectivity index (χ0) is 19.1. The van der Waals surface area contributed by atoms with Crippen LogP contribution in [0.25, 0.3) is 0 Å². The second-order valence-corrected chi connectivity index (χ2v) is 6.04. The van der Waals surface area contributed by atoms with Crippen LogP contribution in [-0.4, -0.2) is 47.4 Å². The number of hydrogen-bond acceptors (Lipinski definition) is 5. The van der Waals surface area contributed by atoms with Gasteiger partial charge >= 0.3 is 0 Å². The highest BCUT2D eigenvalue weighted by Gasteiger charge is 2.20. The van der Waals surface area contributed by atoms with Gasteiger partial charge in [-0.2, -0.15) is 0 Å². The summed E-state index contributed by atoms with van der Waals surface area (Å²) in [6.45, 7) is 0.651. The third-order valence-electron chi connectivity index (χ3n) is 4.16. The summed E-state index contributed by atoms with van der Waals surface area (Å²) in [4.78, 5) is 41.3. The molecule has 2 N–H and O–H groups in total. The minimum Gasteiger partial charge on any atom is -0.362 e. The van der Waals surface area contributed by atoms with E-state index < -0.39 is 11.8 Å². The molecule has 0 saturated heterocycles. The Morgan fingerprint density at radius 2 is 1.78 bits per heavy atom. The van der Waals surface area contributed by atoms with Crippen molar-refractivity contribution >= 4 is 17.7 Å². The van der Waals surface area contributed by atoms with Gasteiger partial charge in [-0.1, -0.05) is 30.3 Å². The van der Waals surface area contributed by atoms with Crippen molar-refractivity contribution in [2.75, 3.05) is 19.8 Å². The molecule has 8 heteroatoms. The molecule has 1 aromatic heterocycles. The number of aromatic nitrogens is 1. The summed E-state index contributed by atoms with van der Waals surface area (Å²) < 4.78 is 5.17. The Morgan fingerprint density at radius 1 is 1.00 bits per heavy atom. The van der Waals surface area contributed by atoms with Crippen LogP contribution in [0.15, 0.2) is 48.7 Å². The number of benzene rings is 1. The maximum absolute atomic E-state index is 12.2. The van der Waals surface area contributed by atoms with Gasteiger partial charge in [-0.05, 0) is 29.7 Å². The lowest BCUT2D eigenvalue weighted by molar-refractivity contribution is -0.139. The van der Waals surface area contributed by atoms with Gasteiger partial charge in [-0.3, -0.25) is 30.2 Å². The van der Waals surface area contributed by atoms with Crippen molar-refractivity contribution in [1.29, 1.82) is 0 Å². The second kappa shape index (κ2) is 8.91. The van der Waals surface area contributed by atoms with E-state index in [9.17, 15) is 14.4 Å². The third kappa shape index (κ3) is 5.11. The van der Waals surface area contributed by atoms with Crippen molar-refractivity contribution in [2.45, 2.75) is 13.0 Å². The summed E-state index contributed by atoms with van der Waals surface area (Å²) in [6, 6.07) is 12.9. The van der Waals surface area contributed by atoms with Gasteiger partial charge in [0.25, 0.3) is 11.8 Å². The predicted octanol–water partition coefficient (Wildman–Crippen LogP) is 0.444. The van der Waals surface area contributed by atoms with Crippen LogP contribution in [0.4, 0.5) is 0 Å². The summed E-state index contributed by atoms with van der Waals surface area (Å²) in [7, 11) is 0. The van der Waals surface area contributed by atoms with Gasteiger partial charge in [0.1, 0.15) is 18.9 Å². The largest absolute Gasteiger partial charge is 0.362 e. The summed E-state index contributed by atoms with van der Waals surface area (Å²) in [5, 5.41) is 0. The van der Waals surface area contributed by atoms with E-state index >= 15 is 0 Å². The molecular weight excluding hydrogens is 348 g/mol. The number of hydrogen-bond donors (Lipinski definition) is 2. The molecular formula is C19H20N4O4. The van der Waals surface area contributed by atoms with Gasteiger partial charge in [0, 0.05) is 19.3 Å². The van der Waals surface area contributed by atoms with Gasteiger partial charge in [0.15, 0.2) is 0 Å². The number of carbonyl (C=O) groups excluding carboxylic acids is 3. The predicted molar refractivity (Wildman–Crippen MR) is 96.2 cm³/mol. The molecule has 3 amide bonds. The van der Waals surface area contributed by atoms with Crippen LogP contribution >= 0.6 is 0 Å². The fraction of sp³-hybridized carbons (Fsp3) is 0.263. The van der Waals surface area contributed by atoms with Crippen molar-refractivity contribution in [1.82, 2.24) is 20.7 Å². The number of fused-ring (bicyclic) bond motifs is 1. The molecule has 2 aromatic rings. The van der Waals surface area contributed by atoms with E-state index in [-0.39, 0.29) is 24.8 Å². The standard InChI is InChI=1S/C19H20N4O4/c24-17(21-22-19(26)16-7-3-4-9-20-16)12-27-13-18(25)23-10-8-14-5-1-2-6-15(14)11-23/h1-7,9H,8,10-13H2,(H,21,24)(H,22,26). The molecule has 3 rings (SSSR count). The molecule has 0 spiro atoms. The highest BCUT2D eigenvalue weighted by Crippen LogP contribution is 2.18. The monoisotopic (exact) mass is 368 g/mol. The summed E-state index contributed by atoms with van der Waals surface area (Å²) >= 11 is 0. The second-order valence-electron chi connectivity index (χ2n) is 6.04. The van der Waals surface area contributed by atoms with Gasteiger partial charge < -0.3 is 9.64 Å². The lowest BCUT2D eigenvalue weighted by atomic mass is 10.00. The van der Waals surface area contributed by atoms with Crippen LogP contribution in [-0.2, 0) is 27.3 Å². The average molecular weight is 368 g/mol. The van der Waals surface area contributed by atoms with Crippen molar-refractivity contribution < 1.29 is 19.1 Å². The first-order valence-corrected chi connectivity index (χ1v) is 8.56. The zero-order valence-corrected chi connectivity index (χ0v) is 14.7. The number of nitrogens with zero attached hydrogens (tertiary/aromatic N) is 2. The van der Waals surface area contributed by atoms with E-state index in [0.717, 1.165) is 12.0 Å². The molecule has 0 radical (unpaired) electrons. The topological polar surface area (TPSA) is 101 Å². The van der Waals surface area contributed by atoms with Crippen LogP contribution < -0.4 is 10.9 Å². The number of carbonyl (C=O) groups is 3. The van der Waals surface area contributed by atoms with Gasteiger partial charge in [-0.15, -0.1) is 0 Å². The highest BCUT2D eigenvalue weighted by atomic mass is 16.5. The van der Waals surface area contributed by atoms with E-state index in [4.69, 9.17) is 4.74 Å². The SMILES string of the molecule is O=C(COCC(=O)N1CCc2ccccc2C1)NNC(=O)c1ccccn1. The van der Waals surface area contributed by atoms with E-state index in [1.54, 1.807) is 17.0 Å². The molecule has 0 aliphatic carbocycles. The molecule has 0 atom stereocenters. The van der Waals surface area contributed by atoms with Crippen molar-refractivity contribution in [3.63, 3.8) is 0 Å². The molecule has 2 heterocycles. The normalized spacial score (nSPS) is 12.8. The third-order valence-corrected chi connectivity index (χ3v) is 4.16. The number of ether oxygens (including phenoxy) is 1. The maximum atomic E-state index is 12.2. The number of pyridine rings is 1. The van der Waals surface area contributed by atoms with E-state index in [2.05, 4.69) is 21.9 Å². The van der Waals surface area contributed by atoms with Gasteiger partial charge in [-0.25, -0.2) is 0 Å². The van der Waals surface area contributed by atoms with Crippen molar-refractivity contribution in [2.24, 2.45) is 0 Å². The van der Waals surface area contributed by atoms with E-state index in [1.807, 2.05) is 18.2 Å². The smallest absolute Gasteiger partial charge is 0.288 e. The number of rotatable bonds is 5. The molecule has 8 nitrogen and oxygen atoms in total. The van der Waals surface area contributed by atoms with Crippen LogP contribution in [0.2, 0.25) is 0 Å². The molecule has 1 aliphatic heterocycles. The molecule has 140 valence electrons. The Balaban J connectivity index is 1.36. The minimum atomic E-state index is -0.559. The minimum absolute atomic E-state index is 0.171. The van der Waals surface area contributed by atoms with Crippen LogP contribution in [0.1, 0.15) is 21.6 Å². The first-order valence-electron chi connectivity index (χ1n) is 8.56. The van der Waals surface area contributed by atoms with Crippen LogP contribution in [0.3, 0.4) is 0 Å². The number of amides is 3. The van der Waals surface area contributed by atoms with Crippen LogP contribution in [0.5, 0.6) is 0 Å². The first-order chi connectivity index (χ1) is 13.1. The summed E-state index contributed by atoms with van der Waals surface area (Å²) in [5.74, 6) is -1.27. The lowest BCUT2D eigenvalue weighted by Crippen LogP contribution is -2.44. The van der Waals surface area contributed by atoms with Crippen molar-refractivity contribution in [3.8, 4) is 0 Å². The fourth-order valence-corrected chi connectivity index (χ4v) is 2.75. The molecule has 0 saturated carbocycles. The molecule has 1 aromatic carbocycles. The Bertz CT molecular complexity index is 825. The van der Waals surface area contributed by atoms with Crippen molar-refractivity contribution in [3.05, 3.63) is 65.5 Å². The Hall–Kier alpha value is -3.26. The summed E-state index contributed by atoms with van der Waals surface area (Å²) in [6.07, 6.45) is 2.28. The van der Waals surface area contributed by atoms with Gasteiger partial charge in [0.05, 0.1) is 0 Å².